The van der Waals surface area contributed by atoms with Gasteiger partial charge in [0.15, 0.2) is 11.8 Å². The van der Waals surface area contributed by atoms with E-state index in [1.54, 1.807) is 23.9 Å². The Morgan fingerprint density at radius 3 is 2.70 bits per heavy atom. The molecule has 0 amide bonds. The number of halogens is 1. The maximum absolute atomic E-state index is 12.9. The van der Waals surface area contributed by atoms with E-state index in [1.807, 2.05) is 20.8 Å². The van der Waals surface area contributed by atoms with Crippen molar-refractivity contribution in [3.8, 4) is 0 Å². The minimum Gasteiger partial charge on any atom is -0.357 e. The second-order valence-electron chi connectivity index (χ2n) is 6.29. The SMILES string of the molecule is CCNC(=NCCCSc1ccc(F)cc1)NCCc1nc(C(C)C)no1. The van der Waals surface area contributed by atoms with Crippen molar-refractivity contribution in [2.75, 3.05) is 25.4 Å². The van der Waals surface area contributed by atoms with Crippen LogP contribution in [0.15, 0.2) is 38.7 Å². The second-order valence-corrected chi connectivity index (χ2v) is 7.46. The van der Waals surface area contributed by atoms with Gasteiger partial charge in [-0.05, 0) is 43.4 Å². The average molecular weight is 394 g/mol. The minimum atomic E-state index is -0.203. The summed E-state index contributed by atoms with van der Waals surface area (Å²) in [6.45, 7) is 8.31. The zero-order chi connectivity index (χ0) is 19.5. The van der Waals surface area contributed by atoms with E-state index in [-0.39, 0.29) is 11.7 Å². The molecule has 0 atom stereocenters. The summed E-state index contributed by atoms with van der Waals surface area (Å²) in [6, 6.07) is 6.58. The van der Waals surface area contributed by atoms with Crippen molar-refractivity contribution in [2.45, 2.75) is 44.4 Å². The second kappa shape index (κ2) is 11.6. The first-order valence-corrected chi connectivity index (χ1v) is 10.3. The number of rotatable bonds is 10. The van der Waals surface area contributed by atoms with Gasteiger partial charge in [-0.25, -0.2) is 4.39 Å². The van der Waals surface area contributed by atoms with E-state index in [1.165, 1.54) is 12.1 Å². The lowest BCUT2D eigenvalue weighted by atomic mass is 10.2. The Labute approximate surface area is 164 Å². The molecule has 6 nitrogen and oxygen atoms in total. The van der Waals surface area contributed by atoms with E-state index in [9.17, 15) is 4.39 Å². The summed E-state index contributed by atoms with van der Waals surface area (Å²) in [7, 11) is 0. The number of nitrogens with zero attached hydrogens (tertiary/aromatic N) is 3. The summed E-state index contributed by atoms with van der Waals surface area (Å²) in [5.74, 6) is 3.16. The quantitative estimate of drug-likeness (QED) is 0.278. The molecule has 0 radical (unpaired) electrons. The van der Waals surface area contributed by atoms with Crippen molar-refractivity contribution in [2.24, 2.45) is 4.99 Å². The molecule has 1 heterocycles. The van der Waals surface area contributed by atoms with Crippen molar-refractivity contribution in [1.82, 2.24) is 20.8 Å². The zero-order valence-corrected chi connectivity index (χ0v) is 17.0. The molecule has 148 valence electrons. The zero-order valence-electron chi connectivity index (χ0n) is 16.2. The molecular weight excluding hydrogens is 365 g/mol. The molecule has 27 heavy (non-hydrogen) atoms. The van der Waals surface area contributed by atoms with Crippen LogP contribution in [0.2, 0.25) is 0 Å². The Morgan fingerprint density at radius 1 is 1.26 bits per heavy atom. The summed E-state index contributed by atoms with van der Waals surface area (Å²) < 4.78 is 18.1. The van der Waals surface area contributed by atoms with Crippen LogP contribution in [0.3, 0.4) is 0 Å². The van der Waals surface area contributed by atoms with Crippen molar-refractivity contribution >= 4 is 17.7 Å². The number of hydrogen-bond donors (Lipinski definition) is 2. The van der Waals surface area contributed by atoms with E-state index in [0.717, 1.165) is 41.9 Å². The van der Waals surface area contributed by atoms with Crippen LogP contribution >= 0.6 is 11.8 Å². The van der Waals surface area contributed by atoms with Gasteiger partial charge in [0.2, 0.25) is 5.89 Å². The predicted molar refractivity (Wildman–Crippen MR) is 108 cm³/mol. The Kier molecular flexibility index (Phi) is 9.10. The van der Waals surface area contributed by atoms with Crippen molar-refractivity contribution in [1.29, 1.82) is 0 Å². The van der Waals surface area contributed by atoms with Gasteiger partial charge >= 0.3 is 0 Å². The molecule has 1 aromatic carbocycles. The standard InChI is InChI=1S/C19H28FN5OS/c1-4-21-19(23-12-10-17-24-18(14(2)3)25-26-17)22-11-5-13-27-16-8-6-15(20)7-9-16/h6-9,14H,4-5,10-13H2,1-3H3,(H2,21,22,23). The minimum absolute atomic E-state index is 0.203. The third kappa shape index (κ3) is 7.99. The van der Waals surface area contributed by atoms with Crippen molar-refractivity contribution in [3.05, 3.63) is 41.8 Å². The number of aliphatic imine (C=N–C) groups is 1. The maximum Gasteiger partial charge on any atom is 0.228 e. The van der Waals surface area contributed by atoms with E-state index in [0.29, 0.717) is 18.9 Å². The summed E-state index contributed by atoms with van der Waals surface area (Å²) >= 11 is 1.71. The Hall–Kier alpha value is -2.09. The number of benzene rings is 1. The lowest BCUT2D eigenvalue weighted by molar-refractivity contribution is 0.371. The van der Waals surface area contributed by atoms with Gasteiger partial charge in [-0.2, -0.15) is 4.98 Å². The molecule has 0 saturated heterocycles. The molecule has 0 bridgehead atoms. The molecule has 0 spiro atoms. The van der Waals surface area contributed by atoms with Crippen LogP contribution in [0.1, 0.15) is 44.8 Å². The summed E-state index contributed by atoms with van der Waals surface area (Å²) in [4.78, 5) is 10.0. The fourth-order valence-corrected chi connectivity index (χ4v) is 3.05. The summed E-state index contributed by atoms with van der Waals surface area (Å²) in [5, 5.41) is 10.5. The first-order valence-electron chi connectivity index (χ1n) is 9.31. The smallest absolute Gasteiger partial charge is 0.228 e. The van der Waals surface area contributed by atoms with Gasteiger partial charge in [-0.3, -0.25) is 4.99 Å². The van der Waals surface area contributed by atoms with Crippen LogP contribution in [0, 0.1) is 5.82 Å². The molecule has 2 aromatic rings. The van der Waals surface area contributed by atoms with E-state index < -0.39 is 0 Å². The van der Waals surface area contributed by atoms with E-state index in [2.05, 4.69) is 25.8 Å². The molecule has 0 saturated carbocycles. The van der Waals surface area contributed by atoms with Crippen LogP contribution in [-0.2, 0) is 6.42 Å². The first kappa shape index (κ1) is 21.2. The molecule has 0 unspecified atom stereocenters. The Balaban J connectivity index is 1.68. The fourth-order valence-electron chi connectivity index (χ4n) is 2.21. The molecule has 8 heteroatoms. The van der Waals surface area contributed by atoms with Crippen LogP contribution in [0.5, 0.6) is 0 Å². The van der Waals surface area contributed by atoms with E-state index in [4.69, 9.17) is 4.52 Å². The van der Waals surface area contributed by atoms with Crippen LogP contribution in [0.25, 0.3) is 0 Å². The first-order chi connectivity index (χ1) is 13.1. The van der Waals surface area contributed by atoms with E-state index >= 15 is 0 Å². The van der Waals surface area contributed by atoms with Crippen LogP contribution < -0.4 is 10.6 Å². The van der Waals surface area contributed by atoms with Gasteiger partial charge in [0.1, 0.15) is 5.82 Å². The number of guanidine groups is 1. The van der Waals surface area contributed by atoms with Crippen molar-refractivity contribution in [3.63, 3.8) is 0 Å². The highest BCUT2D eigenvalue weighted by atomic mass is 32.2. The van der Waals surface area contributed by atoms with Gasteiger partial charge in [0.05, 0.1) is 0 Å². The fraction of sp³-hybridized carbons (Fsp3) is 0.526. The normalized spacial score (nSPS) is 11.8. The predicted octanol–water partition coefficient (Wildman–Crippen LogP) is 3.61. The lowest BCUT2D eigenvalue weighted by Gasteiger charge is -2.10. The van der Waals surface area contributed by atoms with Crippen LogP contribution in [-0.4, -0.2) is 41.5 Å². The highest BCUT2D eigenvalue weighted by molar-refractivity contribution is 7.99. The molecule has 0 aliphatic rings. The van der Waals surface area contributed by atoms with Gasteiger partial charge < -0.3 is 15.2 Å². The summed E-state index contributed by atoms with van der Waals surface area (Å²) in [5.41, 5.74) is 0. The van der Waals surface area contributed by atoms with Crippen molar-refractivity contribution < 1.29 is 8.91 Å². The third-order valence-corrected chi connectivity index (χ3v) is 4.73. The maximum atomic E-state index is 12.9. The number of hydrogen-bond acceptors (Lipinski definition) is 5. The van der Waals surface area contributed by atoms with Gasteiger partial charge in [0.25, 0.3) is 0 Å². The molecule has 2 rings (SSSR count). The monoisotopic (exact) mass is 393 g/mol. The summed E-state index contributed by atoms with van der Waals surface area (Å²) in [6.07, 6.45) is 1.60. The molecule has 0 fully saturated rings. The largest absolute Gasteiger partial charge is 0.357 e. The average Bonchev–Trinajstić information content (AvgIpc) is 3.12. The molecule has 2 N–H and O–H groups in total. The van der Waals surface area contributed by atoms with Gasteiger partial charge in [0, 0.05) is 36.9 Å². The van der Waals surface area contributed by atoms with Gasteiger partial charge in [-0.1, -0.05) is 19.0 Å². The molecule has 0 aliphatic heterocycles. The number of thioether (sulfide) groups is 1. The highest BCUT2D eigenvalue weighted by Crippen LogP contribution is 2.18. The van der Waals surface area contributed by atoms with Gasteiger partial charge in [-0.15, -0.1) is 11.8 Å². The Bertz CT molecular complexity index is 702. The highest BCUT2D eigenvalue weighted by Gasteiger charge is 2.09. The number of nitrogens with one attached hydrogen (secondary N) is 2. The van der Waals surface area contributed by atoms with Crippen LogP contribution in [0.4, 0.5) is 4.39 Å². The third-order valence-electron chi connectivity index (χ3n) is 3.63. The Morgan fingerprint density at radius 2 is 2.04 bits per heavy atom. The molecule has 0 aliphatic carbocycles. The lowest BCUT2D eigenvalue weighted by Crippen LogP contribution is -2.38. The topological polar surface area (TPSA) is 75.3 Å². The molecule has 1 aromatic heterocycles. The number of aromatic nitrogens is 2. The molecular formula is C19H28FN5OS.